The number of benzene rings is 1. The van der Waals surface area contributed by atoms with Crippen molar-refractivity contribution in [3.8, 4) is 5.69 Å². The Morgan fingerprint density at radius 1 is 1.21 bits per heavy atom. The number of aryl methyl sites for hydroxylation is 2. The van der Waals surface area contributed by atoms with Crippen molar-refractivity contribution in [1.29, 1.82) is 0 Å². The number of rotatable bonds is 5. The van der Waals surface area contributed by atoms with Gasteiger partial charge in [-0.2, -0.15) is 5.10 Å². The molecule has 0 aliphatic heterocycles. The van der Waals surface area contributed by atoms with Gasteiger partial charge in [0.1, 0.15) is 0 Å². The average molecular weight is 257 g/mol. The number of nitrogens with zero attached hydrogens (tertiary/aromatic N) is 2. The summed E-state index contributed by atoms with van der Waals surface area (Å²) in [5.74, 6) is 0.687. The van der Waals surface area contributed by atoms with Crippen LogP contribution < -0.4 is 5.32 Å². The molecular formula is C16H23N3. The summed E-state index contributed by atoms with van der Waals surface area (Å²) in [5, 5.41) is 7.93. The highest BCUT2D eigenvalue weighted by Gasteiger charge is 2.04. The molecule has 0 atom stereocenters. The third-order valence-corrected chi connectivity index (χ3v) is 3.11. The van der Waals surface area contributed by atoms with Crippen molar-refractivity contribution in [3.63, 3.8) is 0 Å². The summed E-state index contributed by atoms with van der Waals surface area (Å²) in [5.41, 5.74) is 4.78. The van der Waals surface area contributed by atoms with Gasteiger partial charge in [0.15, 0.2) is 0 Å². The fourth-order valence-corrected chi connectivity index (χ4v) is 2.14. The van der Waals surface area contributed by atoms with Crippen molar-refractivity contribution in [1.82, 2.24) is 15.1 Å². The first kappa shape index (κ1) is 13.8. The highest BCUT2D eigenvalue weighted by molar-refractivity contribution is 5.42. The SMILES string of the molecule is Cc1ccn(-c2ccc(CNCC(C)C)cc2C)n1. The highest BCUT2D eigenvalue weighted by Crippen LogP contribution is 2.15. The Hall–Kier alpha value is -1.61. The molecule has 1 aromatic carbocycles. The summed E-state index contributed by atoms with van der Waals surface area (Å²) in [6, 6.07) is 8.58. The molecule has 0 bridgehead atoms. The van der Waals surface area contributed by atoms with Crippen LogP contribution in [0.2, 0.25) is 0 Å². The highest BCUT2D eigenvalue weighted by atomic mass is 15.3. The van der Waals surface area contributed by atoms with Crippen molar-refractivity contribution in [2.24, 2.45) is 5.92 Å². The van der Waals surface area contributed by atoms with Gasteiger partial charge in [-0.1, -0.05) is 26.0 Å². The molecular weight excluding hydrogens is 234 g/mol. The molecule has 0 aliphatic carbocycles. The number of nitrogens with one attached hydrogen (secondary N) is 1. The molecule has 0 fully saturated rings. The zero-order chi connectivity index (χ0) is 13.8. The van der Waals surface area contributed by atoms with Crippen LogP contribution in [0.1, 0.15) is 30.7 Å². The van der Waals surface area contributed by atoms with E-state index in [1.807, 2.05) is 23.9 Å². The summed E-state index contributed by atoms with van der Waals surface area (Å²) in [6.07, 6.45) is 2.01. The normalized spacial score (nSPS) is 11.2. The summed E-state index contributed by atoms with van der Waals surface area (Å²) in [4.78, 5) is 0. The molecule has 1 N–H and O–H groups in total. The average Bonchev–Trinajstić information content (AvgIpc) is 2.75. The molecule has 0 spiro atoms. The number of hydrogen-bond donors (Lipinski definition) is 1. The summed E-state index contributed by atoms with van der Waals surface area (Å²) in [7, 11) is 0. The Balaban J connectivity index is 2.09. The lowest BCUT2D eigenvalue weighted by Gasteiger charge is -2.10. The minimum Gasteiger partial charge on any atom is -0.312 e. The van der Waals surface area contributed by atoms with Gasteiger partial charge in [0.05, 0.1) is 11.4 Å². The molecule has 0 saturated heterocycles. The second kappa shape index (κ2) is 6.02. The molecule has 3 nitrogen and oxygen atoms in total. The van der Waals surface area contributed by atoms with E-state index in [4.69, 9.17) is 0 Å². The van der Waals surface area contributed by atoms with Crippen molar-refractivity contribution >= 4 is 0 Å². The molecule has 2 aromatic rings. The molecule has 3 heteroatoms. The van der Waals surface area contributed by atoms with E-state index in [1.54, 1.807) is 0 Å². The maximum absolute atomic E-state index is 4.46. The van der Waals surface area contributed by atoms with E-state index < -0.39 is 0 Å². The Bertz CT molecular complexity index is 541. The minimum absolute atomic E-state index is 0.687. The van der Waals surface area contributed by atoms with Gasteiger partial charge in [0, 0.05) is 12.7 Å². The topological polar surface area (TPSA) is 29.9 Å². The predicted molar refractivity (Wildman–Crippen MR) is 79.6 cm³/mol. The van der Waals surface area contributed by atoms with Gasteiger partial charge < -0.3 is 5.32 Å². The van der Waals surface area contributed by atoms with Crippen molar-refractivity contribution in [2.45, 2.75) is 34.2 Å². The first-order valence-electron chi connectivity index (χ1n) is 6.89. The molecule has 0 unspecified atom stereocenters. The fraction of sp³-hybridized carbons (Fsp3) is 0.438. The lowest BCUT2D eigenvalue weighted by atomic mass is 10.1. The van der Waals surface area contributed by atoms with Gasteiger partial charge in [-0.15, -0.1) is 0 Å². The molecule has 1 heterocycles. The number of hydrogen-bond acceptors (Lipinski definition) is 2. The van der Waals surface area contributed by atoms with Crippen molar-refractivity contribution < 1.29 is 0 Å². The third kappa shape index (κ3) is 3.67. The molecule has 0 amide bonds. The maximum atomic E-state index is 4.46. The zero-order valence-corrected chi connectivity index (χ0v) is 12.3. The zero-order valence-electron chi connectivity index (χ0n) is 12.3. The van der Waals surface area contributed by atoms with Gasteiger partial charge in [-0.3, -0.25) is 0 Å². The summed E-state index contributed by atoms with van der Waals surface area (Å²) >= 11 is 0. The van der Waals surface area contributed by atoms with E-state index in [2.05, 4.69) is 49.4 Å². The maximum Gasteiger partial charge on any atom is 0.0675 e. The van der Waals surface area contributed by atoms with E-state index in [0.717, 1.165) is 24.5 Å². The molecule has 2 rings (SSSR count). The van der Waals surface area contributed by atoms with Crippen LogP contribution in [0, 0.1) is 19.8 Å². The number of aromatic nitrogens is 2. The Kier molecular flexibility index (Phi) is 4.38. The van der Waals surface area contributed by atoms with Crippen LogP contribution in [0.3, 0.4) is 0 Å². The summed E-state index contributed by atoms with van der Waals surface area (Å²) < 4.78 is 1.94. The lowest BCUT2D eigenvalue weighted by Crippen LogP contribution is -2.19. The van der Waals surface area contributed by atoms with Gasteiger partial charge >= 0.3 is 0 Å². The van der Waals surface area contributed by atoms with Crippen molar-refractivity contribution in [3.05, 3.63) is 47.3 Å². The minimum atomic E-state index is 0.687. The van der Waals surface area contributed by atoms with Crippen LogP contribution in [0.25, 0.3) is 5.69 Å². The molecule has 19 heavy (non-hydrogen) atoms. The predicted octanol–water partition coefficient (Wildman–Crippen LogP) is 3.23. The smallest absolute Gasteiger partial charge is 0.0675 e. The lowest BCUT2D eigenvalue weighted by molar-refractivity contribution is 0.552. The standard InChI is InChI=1S/C16H23N3/c1-12(2)10-17-11-15-5-6-16(13(3)9-15)19-8-7-14(4)18-19/h5-9,12,17H,10-11H2,1-4H3. The third-order valence-electron chi connectivity index (χ3n) is 3.11. The Morgan fingerprint density at radius 2 is 2.00 bits per heavy atom. The van der Waals surface area contributed by atoms with Crippen LogP contribution in [0.5, 0.6) is 0 Å². The molecule has 0 radical (unpaired) electrons. The van der Waals surface area contributed by atoms with E-state index in [9.17, 15) is 0 Å². The Labute approximate surface area is 115 Å². The van der Waals surface area contributed by atoms with E-state index in [-0.39, 0.29) is 0 Å². The largest absolute Gasteiger partial charge is 0.312 e. The van der Waals surface area contributed by atoms with E-state index in [1.165, 1.54) is 11.1 Å². The van der Waals surface area contributed by atoms with Gasteiger partial charge in [-0.25, -0.2) is 4.68 Å². The van der Waals surface area contributed by atoms with Crippen LogP contribution in [0.15, 0.2) is 30.5 Å². The monoisotopic (exact) mass is 257 g/mol. The quantitative estimate of drug-likeness (QED) is 0.891. The van der Waals surface area contributed by atoms with Crippen LogP contribution in [-0.4, -0.2) is 16.3 Å². The van der Waals surface area contributed by atoms with Crippen LogP contribution in [0.4, 0.5) is 0 Å². The Morgan fingerprint density at radius 3 is 2.58 bits per heavy atom. The van der Waals surface area contributed by atoms with Crippen LogP contribution >= 0.6 is 0 Å². The molecule has 102 valence electrons. The second-order valence-electron chi connectivity index (χ2n) is 5.55. The van der Waals surface area contributed by atoms with Gasteiger partial charge in [0.2, 0.25) is 0 Å². The first-order valence-corrected chi connectivity index (χ1v) is 6.89. The molecule has 1 aromatic heterocycles. The fourth-order valence-electron chi connectivity index (χ4n) is 2.14. The second-order valence-corrected chi connectivity index (χ2v) is 5.55. The van der Waals surface area contributed by atoms with E-state index >= 15 is 0 Å². The van der Waals surface area contributed by atoms with Crippen LogP contribution in [-0.2, 0) is 6.54 Å². The molecule has 0 saturated carbocycles. The summed E-state index contributed by atoms with van der Waals surface area (Å²) in [6.45, 7) is 10.6. The molecule has 0 aliphatic rings. The first-order chi connectivity index (χ1) is 9.06. The van der Waals surface area contributed by atoms with E-state index in [0.29, 0.717) is 5.92 Å². The van der Waals surface area contributed by atoms with Crippen molar-refractivity contribution in [2.75, 3.05) is 6.54 Å². The van der Waals surface area contributed by atoms with Gasteiger partial charge in [0.25, 0.3) is 0 Å². The van der Waals surface area contributed by atoms with Gasteiger partial charge in [-0.05, 0) is 49.6 Å².